The minimum absolute atomic E-state index is 0.181. The third-order valence-corrected chi connectivity index (χ3v) is 0.907. The van der Waals surface area contributed by atoms with Crippen molar-refractivity contribution in [3.8, 4) is 6.07 Å². The van der Waals surface area contributed by atoms with Crippen LogP contribution in [0, 0.1) is 17.5 Å². The molecule has 1 aliphatic heterocycles. The van der Waals surface area contributed by atoms with Gasteiger partial charge in [-0.1, -0.05) is 0 Å². The molecular formula is C5H6N3. The van der Waals surface area contributed by atoms with Gasteiger partial charge in [-0.2, -0.15) is 5.26 Å². The van der Waals surface area contributed by atoms with Crippen molar-refractivity contribution in [3.05, 3.63) is 12.3 Å². The Morgan fingerprint density at radius 2 is 2.75 bits per heavy atom. The summed E-state index contributed by atoms with van der Waals surface area (Å²) in [5.41, 5.74) is 2.81. The Hall–Kier alpha value is -1.01. The third-order valence-electron chi connectivity index (χ3n) is 0.907. The molecule has 1 aliphatic rings. The Kier molecular flexibility index (Phi) is 1.18. The first-order valence-corrected chi connectivity index (χ1v) is 2.32. The van der Waals surface area contributed by atoms with E-state index in [0.717, 1.165) is 0 Å². The van der Waals surface area contributed by atoms with Gasteiger partial charge < -0.3 is 5.01 Å². The highest BCUT2D eigenvalue weighted by Gasteiger charge is 2.09. The van der Waals surface area contributed by atoms with E-state index in [1.165, 1.54) is 0 Å². The zero-order valence-corrected chi connectivity index (χ0v) is 4.55. The van der Waals surface area contributed by atoms with Gasteiger partial charge in [-0.3, -0.25) is 0 Å². The van der Waals surface area contributed by atoms with Crippen LogP contribution in [0.1, 0.15) is 0 Å². The molecule has 3 heteroatoms. The number of hydrazine groups is 1. The molecule has 0 amide bonds. The quantitative estimate of drug-likeness (QED) is 0.461. The summed E-state index contributed by atoms with van der Waals surface area (Å²) in [6.45, 7) is 0. The van der Waals surface area contributed by atoms with Crippen LogP contribution in [-0.2, 0) is 0 Å². The summed E-state index contributed by atoms with van der Waals surface area (Å²) in [4.78, 5) is 0. The van der Waals surface area contributed by atoms with Crippen LogP contribution in [0.3, 0.4) is 0 Å². The van der Waals surface area contributed by atoms with Crippen LogP contribution in [0.5, 0.6) is 0 Å². The summed E-state index contributed by atoms with van der Waals surface area (Å²) < 4.78 is 0. The number of hydrogen-bond donors (Lipinski definition) is 1. The molecule has 0 aromatic rings. The molecule has 1 rings (SSSR count). The number of nitriles is 1. The summed E-state index contributed by atoms with van der Waals surface area (Å²) in [5.74, 6) is 0. The summed E-state index contributed by atoms with van der Waals surface area (Å²) in [5, 5.41) is 9.91. The molecular weight excluding hydrogens is 102 g/mol. The highest BCUT2D eigenvalue weighted by molar-refractivity contribution is 5.06. The topological polar surface area (TPSA) is 39.1 Å². The SMILES string of the molecule is CN1[C]=CC(C#N)N1. The lowest BCUT2D eigenvalue weighted by molar-refractivity contribution is 0.339. The van der Waals surface area contributed by atoms with Crippen molar-refractivity contribution in [2.75, 3.05) is 7.05 Å². The molecule has 0 aliphatic carbocycles. The van der Waals surface area contributed by atoms with Gasteiger partial charge in [0, 0.05) is 7.05 Å². The number of nitrogens with one attached hydrogen (secondary N) is 1. The monoisotopic (exact) mass is 108 g/mol. The fourth-order valence-electron chi connectivity index (χ4n) is 0.536. The second kappa shape index (κ2) is 1.85. The Morgan fingerprint density at radius 3 is 3.00 bits per heavy atom. The van der Waals surface area contributed by atoms with Crippen molar-refractivity contribution in [1.82, 2.24) is 10.4 Å². The molecule has 1 N–H and O–H groups in total. The van der Waals surface area contributed by atoms with E-state index in [2.05, 4.69) is 11.6 Å². The summed E-state index contributed by atoms with van der Waals surface area (Å²) in [6, 6.07) is 1.84. The van der Waals surface area contributed by atoms with Gasteiger partial charge in [0.25, 0.3) is 0 Å². The minimum Gasteiger partial charge on any atom is -0.308 e. The predicted molar refractivity (Wildman–Crippen MR) is 28.1 cm³/mol. The average molecular weight is 108 g/mol. The Morgan fingerprint density at radius 1 is 2.00 bits per heavy atom. The first kappa shape index (κ1) is 5.13. The van der Waals surface area contributed by atoms with Gasteiger partial charge in [-0.15, -0.1) is 0 Å². The number of rotatable bonds is 0. The van der Waals surface area contributed by atoms with Gasteiger partial charge in [0.15, 0.2) is 0 Å². The molecule has 0 aromatic carbocycles. The molecule has 3 nitrogen and oxygen atoms in total. The Labute approximate surface area is 48.2 Å². The van der Waals surface area contributed by atoms with E-state index in [1.54, 1.807) is 18.1 Å². The molecule has 0 aromatic heterocycles. The lowest BCUT2D eigenvalue weighted by atomic mass is 10.4. The van der Waals surface area contributed by atoms with Gasteiger partial charge in [0.2, 0.25) is 0 Å². The maximum absolute atomic E-state index is 8.27. The van der Waals surface area contributed by atoms with E-state index in [9.17, 15) is 0 Å². The van der Waals surface area contributed by atoms with Gasteiger partial charge in [-0.05, 0) is 6.08 Å². The molecule has 1 heterocycles. The molecule has 1 radical (unpaired) electrons. The fraction of sp³-hybridized carbons (Fsp3) is 0.400. The molecule has 8 heavy (non-hydrogen) atoms. The standard InChI is InChI=1S/C5H6N3/c1-8-3-2-5(4-6)7-8/h2,5,7H,1H3. The maximum atomic E-state index is 8.27. The van der Waals surface area contributed by atoms with Crippen molar-refractivity contribution < 1.29 is 0 Å². The van der Waals surface area contributed by atoms with E-state index in [4.69, 9.17) is 5.26 Å². The van der Waals surface area contributed by atoms with Gasteiger partial charge in [0.1, 0.15) is 6.04 Å². The van der Waals surface area contributed by atoms with Crippen LogP contribution in [0.2, 0.25) is 0 Å². The van der Waals surface area contributed by atoms with E-state index < -0.39 is 0 Å². The first-order chi connectivity index (χ1) is 3.83. The smallest absolute Gasteiger partial charge is 0.133 e. The van der Waals surface area contributed by atoms with E-state index >= 15 is 0 Å². The van der Waals surface area contributed by atoms with Crippen LogP contribution in [0.4, 0.5) is 0 Å². The molecule has 0 saturated carbocycles. The summed E-state index contributed by atoms with van der Waals surface area (Å²) >= 11 is 0. The second-order valence-corrected chi connectivity index (χ2v) is 1.59. The molecule has 0 spiro atoms. The highest BCUT2D eigenvalue weighted by atomic mass is 15.5. The zero-order chi connectivity index (χ0) is 5.98. The predicted octanol–water partition coefficient (Wildman–Crippen LogP) is -0.355. The van der Waals surface area contributed by atoms with Crippen molar-refractivity contribution in [2.24, 2.45) is 0 Å². The second-order valence-electron chi connectivity index (χ2n) is 1.59. The van der Waals surface area contributed by atoms with E-state index in [1.807, 2.05) is 6.07 Å². The largest absolute Gasteiger partial charge is 0.308 e. The number of nitrogens with zero attached hydrogens (tertiary/aromatic N) is 2. The molecule has 41 valence electrons. The summed E-state index contributed by atoms with van der Waals surface area (Å²) in [6.07, 6.45) is 4.48. The lowest BCUT2D eigenvalue weighted by Crippen LogP contribution is -2.31. The van der Waals surface area contributed by atoms with Crippen molar-refractivity contribution in [2.45, 2.75) is 6.04 Å². The molecule has 1 unspecified atom stereocenters. The Balaban J connectivity index is 2.49. The van der Waals surface area contributed by atoms with Crippen LogP contribution in [-0.4, -0.2) is 18.1 Å². The van der Waals surface area contributed by atoms with Gasteiger partial charge >= 0.3 is 0 Å². The Bertz CT molecular complexity index is 144. The molecule has 0 fully saturated rings. The minimum atomic E-state index is -0.181. The van der Waals surface area contributed by atoms with Crippen LogP contribution >= 0.6 is 0 Å². The average Bonchev–Trinajstić information content (AvgIpc) is 2.14. The van der Waals surface area contributed by atoms with Crippen molar-refractivity contribution >= 4 is 0 Å². The fourth-order valence-corrected chi connectivity index (χ4v) is 0.536. The normalized spacial score (nSPS) is 26.0. The zero-order valence-electron chi connectivity index (χ0n) is 4.55. The molecule has 0 bridgehead atoms. The van der Waals surface area contributed by atoms with Gasteiger partial charge in [-0.25, -0.2) is 5.43 Å². The maximum Gasteiger partial charge on any atom is 0.133 e. The summed E-state index contributed by atoms with van der Waals surface area (Å²) in [7, 11) is 1.80. The van der Waals surface area contributed by atoms with Crippen LogP contribution in [0.15, 0.2) is 6.08 Å². The van der Waals surface area contributed by atoms with E-state index in [-0.39, 0.29) is 6.04 Å². The van der Waals surface area contributed by atoms with Crippen molar-refractivity contribution in [3.63, 3.8) is 0 Å². The lowest BCUT2D eigenvalue weighted by Gasteiger charge is -2.07. The van der Waals surface area contributed by atoms with E-state index in [0.29, 0.717) is 0 Å². The molecule has 0 saturated heterocycles. The van der Waals surface area contributed by atoms with Crippen LogP contribution < -0.4 is 5.43 Å². The third kappa shape index (κ3) is 0.796. The van der Waals surface area contributed by atoms with Crippen LogP contribution in [0.25, 0.3) is 0 Å². The number of hydrogen-bond acceptors (Lipinski definition) is 3. The highest BCUT2D eigenvalue weighted by Crippen LogP contribution is 1.93. The van der Waals surface area contributed by atoms with Gasteiger partial charge in [0.05, 0.1) is 12.3 Å². The molecule has 1 atom stereocenters. The van der Waals surface area contributed by atoms with Crippen molar-refractivity contribution in [1.29, 1.82) is 5.26 Å². The first-order valence-electron chi connectivity index (χ1n) is 2.32.